The molecule has 0 spiro atoms. The van der Waals surface area contributed by atoms with Crippen LogP contribution in [-0.4, -0.2) is 26.5 Å². The Kier molecular flexibility index (Phi) is 7.97. The number of carbonyl (C=O) groups is 2. The third kappa shape index (κ3) is 6.06. The van der Waals surface area contributed by atoms with Crippen molar-refractivity contribution in [3.63, 3.8) is 0 Å². The molecule has 0 aliphatic rings. The molecule has 12 heteroatoms. The van der Waals surface area contributed by atoms with Gasteiger partial charge in [0.1, 0.15) is 11.6 Å². The summed E-state index contributed by atoms with van der Waals surface area (Å²) in [5.74, 6) is -1.43. The molecule has 0 aliphatic carbocycles. The zero-order valence-electron chi connectivity index (χ0n) is 21.4. The van der Waals surface area contributed by atoms with Gasteiger partial charge in [0, 0.05) is 30.8 Å². The molecule has 0 saturated carbocycles. The van der Waals surface area contributed by atoms with Crippen molar-refractivity contribution in [2.24, 2.45) is 12.5 Å². The summed E-state index contributed by atoms with van der Waals surface area (Å²) >= 11 is 18.8. The molecule has 8 nitrogen and oxygen atoms in total. The van der Waals surface area contributed by atoms with Crippen molar-refractivity contribution in [3.05, 3.63) is 74.5 Å². The Balaban J connectivity index is 1.61. The molecule has 4 N–H and O–H groups in total. The Morgan fingerprint density at radius 1 is 1.05 bits per heavy atom. The maximum atomic E-state index is 13.8. The van der Waals surface area contributed by atoms with Crippen LogP contribution in [0.4, 0.5) is 21.7 Å². The number of hydrogen-bond donors (Lipinski definition) is 4. The van der Waals surface area contributed by atoms with Crippen LogP contribution in [0.1, 0.15) is 36.7 Å². The van der Waals surface area contributed by atoms with Crippen LogP contribution in [0.15, 0.2) is 42.5 Å². The van der Waals surface area contributed by atoms with Crippen LogP contribution in [0.25, 0.3) is 11.0 Å². The first-order valence-electron chi connectivity index (χ1n) is 11.7. The molecule has 0 atom stereocenters. The average molecular weight is 593 g/mol. The number of phenols is 1. The van der Waals surface area contributed by atoms with Crippen LogP contribution in [0.2, 0.25) is 15.1 Å². The molecule has 1 heterocycles. The average Bonchev–Trinajstić information content (AvgIpc) is 3.16. The minimum atomic E-state index is -0.687. The second kappa shape index (κ2) is 10.9. The number of halogens is 4. The highest BCUT2D eigenvalue weighted by Gasteiger charge is 2.22. The lowest BCUT2D eigenvalue weighted by Gasteiger charge is -2.19. The van der Waals surface area contributed by atoms with Gasteiger partial charge in [-0.25, -0.2) is 9.37 Å². The molecule has 3 aromatic carbocycles. The van der Waals surface area contributed by atoms with Gasteiger partial charge in [-0.05, 0) is 35.9 Å². The van der Waals surface area contributed by atoms with Gasteiger partial charge in [-0.1, -0.05) is 61.6 Å². The highest BCUT2D eigenvalue weighted by Crippen LogP contribution is 2.37. The minimum absolute atomic E-state index is 0.0600. The van der Waals surface area contributed by atoms with Gasteiger partial charge >= 0.3 is 0 Å². The largest absolute Gasteiger partial charge is 0.507 e. The standard InChI is InChI=1S/C27H25Cl3FN5O3/c1-27(2,3)25(39)32-12-13-5-7-17(29)23(22(13)30)35-26-34-19-10-15(21(37)11-20(19)36(26)4)24(38)33-14-6-8-16(28)18(31)9-14/h5-11,37H,12H2,1-4H3,(H,32,39)(H,33,38)(H,34,35). The van der Waals surface area contributed by atoms with Gasteiger partial charge in [-0.15, -0.1) is 0 Å². The first-order chi connectivity index (χ1) is 18.3. The fourth-order valence-electron chi connectivity index (χ4n) is 3.69. The summed E-state index contributed by atoms with van der Waals surface area (Å²) in [4.78, 5) is 29.6. The number of amides is 2. The van der Waals surface area contributed by atoms with Crippen molar-refractivity contribution in [2.75, 3.05) is 10.6 Å². The summed E-state index contributed by atoms with van der Waals surface area (Å²) in [6, 6.07) is 10.0. The number of carbonyl (C=O) groups excluding carboxylic acids is 2. The van der Waals surface area contributed by atoms with Gasteiger partial charge < -0.3 is 25.6 Å². The van der Waals surface area contributed by atoms with E-state index in [0.717, 1.165) is 6.07 Å². The summed E-state index contributed by atoms with van der Waals surface area (Å²) in [7, 11) is 1.71. The predicted molar refractivity (Wildman–Crippen MR) is 153 cm³/mol. The van der Waals surface area contributed by atoms with Crippen LogP contribution in [0, 0.1) is 11.2 Å². The predicted octanol–water partition coefficient (Wildman–Crippen LogP) is 7.04. The monoisotopic (exact) mass is 591 g/mol. The van der Waals surface area contributed by atoms with E-state index in [9.17, 15) is 19.1 Å². The van der Waals surface area contributed by atoms with Gasteiger partial charge in [0.05, 0.1) is 37.4 Å². The number of aryl methyl sites for hydroxylation is 1. The van der Waals surface area contributed by atoms with Crippen LogP contribution in [0.5, 0.6) is 5.75 Å². The highest BCUT2D eigenvalue weighted by atomic mass is 35.5. The van der Waals surface area contributed by atoms with E-state index in [1.807, 2.05) is 20.8 Å². The van der Waals surface area contributed by atoms with Crippen molar-refractivity contribution in [2.45, 2.75) is 27.3 Å². The SMILES string of the molecule is Cn1c(Nc2c(Cl)ccc(CNC(=O)C(C)(C)C)c2Cl)nc2cc(C(=O)Nc3ccc(Cl)c(F)c3)c(O)cc21. The Morgan fingerprint density at radius 3 is 2.41 bits per heavy atom. The molecular formula is C27H25Cl3FN5O3. The number of aromatic hydroxyl groups is 1. The number of nitrogens with zero attached hydrogens (tertiary/aromatic N) is 2. The van der Waals surface area contributed by atoms with Crippen LogP contribution < -0.4 is 16.0 Å². The van der Waals surface area contributed by atoms with E-state index in [2.05, 4.69) is 20.9 Å². The van der Waals surface area contributed by atoms with Crippen molar-refractivity contribution in [1.82, 2.24) is 14.9 Å². The summed E-state index contributed by atoms with van der Waals surface area (Å²) in [6.07, 6.45) is 0. The summed E-state index contributed by atoms with van der Waals surface area (Å²) in [5.41, 5.74) is 1.50. The minimum Gasteiger partial charge on any atom is -0.507 e. The molecule has 39 heavy (non-hydrogen) atoms. The van der Waals surface area contributed by atoms with Crippen LogP contribution in [0.3, 0.4) is 0 Å². The van der Waals surface area contributed by atoms with E-state index >= 15 is 0 Å². The molecule has 0 bridgehead atoms. The molecule has 0 unspecified atom stereocenters. The number of benzene rings is 3. The Bertz CT molecular complexity index is 1610. The lowest BCUT2D eigenvalue weighted by atomic mass is 9.95. The smallest absolute Gasteiger partial charge is 0.259 e. The lowest BCUT2D eigenvalue weighted by Crippen LogP contribution is -2.34. The molecule has 4 aromatic rings. The van der Waals surface area contributed by atoms with Gasteiger partial charge in [0.15, 0.2) is 0 Å². The maximum Gasteiger partial charge on any atom is 0.259 e. The molecule has 1 aromatic heterocycles. The zero-order chi connectivity index (χ0) is 28.6. The fourth-order valence-corrected chi connectivity index (χ4v) is 4.34. The van der Waals surface area contributed by atoms with E-state index in [1.54, 1.807) is 23.7 Å². The van der Waals surface area contributed by atoms with Crippen LogP contribution >= 0.6 is 34.8 Å². The molecule has 0 aliphatic heterocycles. The number of phenolic OH excluding ortho intramolecular Hbond substituents is 1. The summed E-state index contributed by atoms with van der Waals surface area (Å²) in [6.45, 7) is 5.64. The van der Waals surface area contributed by atoms with Gasteiger partial charge in [-0.3, -0.25) is 9.59 Å². The molecule has 0 saturated heterocycles. The Hall–Kier alpha value is -3.53. The van der Waals surface area contributed by atoms with Crippen LogP contribution in [-0.2, 0) is 18.4 Å². The number of nitrogens with one attached hydrogen (secondary N) is 3. The summed E-state index contributed by atoms with van der Waals surface area (Å²) in [5, 5.41) is 19.6. The van der Waals surface area contributed by atoms with E-state index < -0.39 is 17.1 Å². The maximum absolute atomic E-state index is 13.8. The molecule has 204 valence electrons. The molecular weight excluding hydrogens is 568 g/mol. The number of hydrogen-bond acceptors (Lipinski definition) is 5. The quantitative estimate of drug-likeness (QED) is 0.192. The first kappa shape index (κ1) is 28.5. The third-order valence-electron chi connectivity index (χ3n) is 5.95. The summed E-state index contributed by atoms with van der Waals surface area (Å²) < 4.78 is 15.4. The van der Waals surface area contributed by atoms with Crippen molar-refractivity contribution < 1.29 is 19.1 Å². The zero-order valence-corrected chi connectivity index (χ0v) is 23.7. The fraction of sp³-hybridized carbons (Fsp3) is 0.222. The normalized spacial score (nSPS) is 11.5. The lowest BCUT2D eigenvalue weighted by molar-refractivity contribution is -0.128. The number of anilines is 3. The van der Waals surface area contributed by atoms with Crippen molar-refractivity contribution >= 4 is 75.0 Å². The molecule has 0 fully saturated rings. The van der Waals surface area contributed by atoms with Crippen molar-refractivity contribution in [1.29, 1.82) is 0 Å². The first-order valence-corrected chi connectivity index (χ1v) is 12.9. The second-order valence-electron chi connectivity index (χ2n) is 9.89. The van der Waals surface area contributed by atoms with Gasteiger partial charge in [0.2, 0.25) is 11.9 Å². The number of fused-ring (bicyclic) bond motifs is 1. The van der Waals surface area contributed by atoms with Crippen molar-refractivity contribution in [3.8, 4) is 5.75 Å². The Labute approximate surface area is 239 Å². The van der Waals surface area contributed by atoms with E-state index in [-0.39, 0.29) is 34.5 Å². The van der Waals surface area contributed by atoms with Gasteiger partial charge in [-0.2, -0.15) is 0 Å². The third-order valence-corrected chi connectivity index (χ3v) is 7.00. The molecule has 2 amide bonds. The molecule has 4 rings (SSSR count). The highest BCUT2D eigenvalue weighted by molar-refractivity contribution is 6.39. The second-order valence-corrected chi connectivity index (χ2v) is 11.1. The number of aromatic nitrogens is 2. The Morgan fingerprint density at radius 2 is 1.74 bits per heavy atom. The van der Waals surface area contributed by atoms with E-state index in [0.29, 0.717) is 38.3 Å². The van der Waals surface area contributed by atoms with E-state index in [4.69, 9.17) is 34.8 Å². The number of imidazole rings is 1. The topological polar surface area (TPSA) is 108 Å². The van der Waals surface area contributed by atoms with E-state index in [1.165, 1.54) is 24.3 Å². The molecule has 0 radical (unpaired) electrons. The number of rotatable bonds is 6. The van der Waals surface area contributed by atoms with Gasteiger partial charge in [0.25, 0.3) is 5.91 Å².